The molecule has 0 spiro atoms. The largest absolute Gasteiger partial charge is 0.439 e. The first kappa shape index (κ1) is 8.96. The van der Waals surface area contributed by atoms with Crippen molar-refractivity contribution in [3.63, 3.8) is 0 Å². The van der Waals surface area contributed by atoms with Gasteiger partial charge in [-0.05, 0) is 6.07 Å². The van der Waals surface area contributed by atoms with Gasteiger partial charge < -0.3 is 4.42 Å². The van der Waals surface area contributed by atoms with Crippen LogP contribution in [0.1, 0.15) is 5.89 Å². The van der Waals surface area contributed by atoms with Crippen molar-refractivity contribution in [2.24, 2.45) is 0 Å². The van der Waals surface area contributed by atoms with Gasteiger partial charge >= 0.3 is 0 Å². The third kappa shape index (κ3) is 1.42. The quantitative estimate of drug-likeness (QED) is 0.436. The van der Waals surface area contributed by atoms with Crippen molar-refractivity contribution in [2.75, 3.05) is 0 Å². The van der Waals surface area contributed by atoms with Gasteiger partial charge in [0.15, 0.2) is 5.58 Å². The number of alkyl halides is 1. The smallest absolute Gasteiger partial charge is 0.273 e. The lowest BCUT2D eigenvalue weighted by Gasteiger charge is -1.88. The van der Waals surface area contributed by atoms with Crippen molar-refractivity contribution >= 4 is 28.4 Å². The molecule has 0 saturated carbocycles. The van der Waals surface area contributed by atoms with Gasteiger partial charge in [0, 0.05) is 6.07 Å². The lowest BCUT2D eigenvalue weighted by Crippen LogP contribution is -1.86. The summed E-state index contributed by atoms with van der Waals surface area (Å²) in [5.74, 6) is 0.518. The van der Waals surface area contributed by atoms with E-state index in [-0.39, 0.29) is 11.6 Å². The number of aromatic nitrogens is 1. The Balaban J connectivity index is 2.59. The fourth-order valence-corrected chi connectivity index (χ4v) is 1.25. The Morgan fingerprint density at radius 3 is 3.00 bits per heavy atom. The van der Waals surface area contributed by atoms with E-state index < -0.39 is 4.92 Å². The number of nitro benzene ring substituents is 1. The molecule has 0 fully saturated rings. The predicted molar refractivity (Wildman–Crippen MR) is 50.2 cm³/mol. The number of rotatable bonds is 2. The zero-order valence-corrected chi connectivity index (χ0v) is 7.69. The summed E-state index contributed by atoms with van der Waals surface area (Å²) in [7, 11) is 0. The van der Waals surface area contributed by atoms with E-state index in [9.17, 15) is 10.1 Å². The summed E-state index contributed by atoms with van der Waals surface area (Å²) >= 11 is 5.51. The normalized spacial score (nSPS) is 10.6. The monoisotopic (exact) mass is 212 g/mol. The van der Waals surface area contributed by atoms with Crippen LogP contribution in [0, 0.1) is 10.1 Å². The second-order valence-corrected chi connectivity index (χ2v) is 2.92. The molecule has 5 nitrogen and oxygen atoms in total. The third-order valence-corrected chi connectivity index (χ3v) is 1.97. The molecule has 0 aliphatic rings. The maximum absolute atomic E-state index is 10.4. The Morgan fingerprint density at radius 1 is 1.57 bits per heavy atom. The van der Waals surface area contributed by atoms with Gasteiger partial charge in [-0.2, -0.15) is 0 Å². The topological polar surface area (TPSA) is 69.2 Å². The van der Waals surface area contributed by atoms with E-state index in [1.54, 1.807) is 0 Å². The zero-order valence-electron chi connectivity index (χ0n) is 6.94. The highest BCUT2D eigenvalue weighted by molar-refractivity contribution is 6.16. The maximum atomic E-state index is 10.4. The molecule has 0 atom stereocenters. The molecule has 72 valence electrons. The molecular formula is C8H5ClN2O3. The fraction of sp³-hybridized carbons (Fsp3) is 0.125. The highest BCUT2D eigenvalue weighted by Gasteiger charge is 2.10. The van der Waals surface area contributed by atoms with Crippen LogP contribution in [-0.4, -0.2) is 9.91 Å². The highest BCUT2D eigenvalue weighted by Crippen LogP contribution is 2.21. The van der Waals surface area contributed by atoms with Gasteiger partial charge in [0.25, 0.3) is 5.69 Å². The summed E-state index contributed by atoms with van der Waals surface area (Å²) in [4.78, 5) is 14.0. The third-order valence-electron chi connectivity index (χ3n) is 1.74. The number of nitro groups is 1. The van der Waals surface area contributed by atoms with Gasteiger partial charge in [-0.25, -0.2) is 4.98 Å². The van der Waals surface area contributed by atoms with Crippen LogP contribution in [0.25, 0.3) is 11.1 Å². The molecular weight excluding hydrogens is 208 g/mol. The lowest BCUT2D eigenvalue weighted by molar-refractivity contribution is -0.384. The highest BCUT2D eigenvalue weighted by atomic mass is 35.5. The number of oxazole rings is 1. The molecule has 0 unspecified atom stereocenters. The van der Waals surface area contributed by atoms with Crippen molar-refractivity contribution in [1.82, 2.24) is 4.98 Å². The van der Waals surface area contributed by atoms with E-state index >= 15 is 0 Å². The number of halogens is 1. The van der Waals surface area contributed by atoms with E-state index in [1.165, 1.54) is 18.2 Å². The maximum Gasteiger partial charge on any atom is 0.273 e. The van der Waals surface area contributed by atoms with Crippen LogP contribution in [0.3, 0.4) is 0 Å². The standard InChI is InChI=1S/C8H5ClN2O3/c9-4-8-10-6-2-1-5(11(12)13)3-7(6)14-8/h1-3H,4H2. The van der Waals surface area contributed by atoms with Gasteiger partial charge in [-0.1, -0.05) is 0 Å². The molecule has 0 N–H and O–H groups in total. The first-order valence-electron chi connectivity index (χ1n) is 3.80. The summed E-state index contributed by atoms with van der Waals surface area (Å²) in [6, 6.07) is 4.24. The number of nitrogens with zero attached hydrogens (tertiary/aromatic N) is 2. The minimum Gasteiger partial charge on any atom is -0.439 e. The van der Waals surface area contributed by atoms with Crippen LogP contribution in [0.2, 0.25) is 0 Å². The summed E-state index contributed by atoms with van der Waals surface area (Å²) in [6.07, 6.45) is 0. The number of hydrogen-bond donors (Lipinski definition) is 0. The molecule has 0 aliphatic carbocycles. The summed E-state index contributed by atoms with van der Waals surface area (Å²) in [5.41, 5.74) is 0.941. The lowest BCUT2D eigenvalue weighted by atomic mass is 10.3. The number of fused-ring (bicyclic) bond motifs is 1. The molecule has 0 saturated heterocycles. The molecule has 0 aliphatic heterocycles. The Labute approximate surface area is 83.4 Å². The van der Waals surface area contributed by atoms with E-state index in [4.69, 9.17) is 16.0 Å². The number of non-ortho nitro benzene ring substituents is 1. The molecule has 2 aromatic rings. The van der Waals surface area contributed by atoms with Gasteiger partial charge in [0.05, 0.1) is 16.9 Å². The summed E-state index contributed by atoms with van der Waals surface area (Å²) < 4.78 is 5.16. The minimum atomic E-state index is -0.484. The minimum absolute atomic E-state index is 0.0187. The second kappa shape index (κ2) is 3.26. The van der Waals surface area contributed by atoms with Crippen LogP contribution in [0.5, 0.6) is 0 Å². The summed E-state index contributed by atoms with van der Waals surface area (Å²) in [5, 5.41) is 10.4. The molecule has 1 heterocycles. The van der Waals surface area contributed by atoms with Crippen molar-refractivity contribution in [3.05, 3.63) is 34.2 Å². The van der Waals surface area contributed by atoms with Gasteiger partial charge in [-0.15, -0.1) is 11.6 Å². The van der Waals surface area contributed by atoms with Crippen molar-refractivity contribution in [1.29, 1.82) is 0 Å². The molecule has 0 bridgehead atoms. The molecule has 6 heteroatoms. The Bertz CT molecular complexity index is 494. The first-order valence-corrected chi connectivity index (χ1v) is 4.34. The second-order valence-electron chi connectivity index (χ2n) is 2.65. The van der Waals surface area contributed by atoms with E-state index in [0.29, 0.717) is 17.0 Å². The van der Waals surface area contributed by atoms with Crippen molar-refractivity contribution in [2.45, 2.75) is 5.88 Å². The molecule has 0 radical (unpaired) electrons. The molecule has 14 heavy (non-hydrogen) atoms. The fourth-order valence-electron chi connectivity index (χ4n) is 1.13. The van der Waals surface area contributed by atoms with Gasteiger partial charge in [0.2, 0.25) is 5.89 Å². The molecule has 2 rings (SSSR count). The van der Waals surface area contributed by atoms with Crippen LogP contribution in [-0.2, 0) is 5.88 Å². The van der Waals surface area contributed by atoms with Crippen LogP contribution in [0.4, 0.5) is 5.69 Å². The molecule has 1 aromatic carbocycles. The molecule has 1 aromatic heterocycles. The average molecular weight is 213 g/mol. The number of hydrogen-bond acceptors (Lipinski definition) is 4. The Morgan fingerprint density at radius 2 is 2.36 bits per heavy atom. The first-order chi connectivity index (χ1) is 6.70. The van der Waals surface area contributed by atoms with E-state index in [2.05, 4.69) is 4.98 Å². The SMILES string of the molecule is O=[N+]([O-])c1ccc2nc(CCl)oc2c1. The van der Waals surface area contributed by atoms with Gasteiger partial charge in [0.1, 0.15) is 5.52 Å². The molecule has 0 amide bonds. The van der Waals surface area contributed by atoms with Gasteiger partial charge in [-0.3, -0.25) is 10.1 Å². The summed E-state index contributed by atoms with van der Waals surface area (Å²) in [6.45, 7) is 0. The van der Waals surface area contributed by atoms with Crippen molar-refractivity contribution < 1.29 is 9.34 Å². The Hall–Kier alpha value is -1.62. The number of benzene rings is 1. The predicted octanol–water partition coefficient (Wildman–Crippen LogP) is 2.47. The van der Waals surface area contributed by atoms with Crippen LogP contribution >= 0.6 is 11.6 Å². The van der Waals surface area contributed by atoms with E-state index in [0.717, 1.165) is 0 Å². The average Bonchev–Trinajstić information content (AvgIpc) is 2.58. The Kier molecular flexibility index (Phi) is 2.09. The zero-order chi connectivity index (χ0) is 10.1. The van der Waals surface area contributed by atoms with Crippen molar-refractivity contribution in [3.8, 4) is 0 Å². The van der Waals surface area contributed by atoms with Crippen LogP contribution < -0.4 is 0 Å². The van der Waals surface area contributed by atoms with Crippen LogP contribution in [0.15, 0.2) is 22.6 Å². The van der Waals surface area contributed by atoms with E-state index in [1.807, 2.05) is 0 Å².